The fourth-order valence-corrected chi connectivity index (χ4v) is 3.32. The van der Waals surface area contributed by atoms with E-state index in [4.69, 9.17) is 5.26 Å². The lowest BCUT2D eigenvalue weighted by Gasteiger charge is -1.93. The summed E-state index contributed by atoms with van der Waals surface area (Å²) in [5, 5.41) is 11.7. The standard InChI is InChI=1S/C11H7NOS2/c1-7(13)10-11(14-6-12)8-4-2-3-5-9(8)15-10/h2-5H,1H3. The van der Waals surface area contributed by atoms with Crippen molar-refractivity contribution < 1.29 is 4.79 Å². The Morgan fingerprint density at radius 1 is 1.47 bits per heavy atom. The first kappa shape index (κ1) is 10.2. The van der Waals surface area contributed by atoms with E-state index in [1.165, 1.54) is 18.3 Å². The van der Waals surface area contributed by atoms with E-state index in [0.29, 0.717) is 4.88 Å². The van der Waals surface area contributed by atoms with Crippen molar-refractivity contribution in [3.63, 3.8) is 0 Å². The van der Waals surface area contributed by atoms with Crippen LogP contribution in [0.1, 0.15) is 16.6 Å². The first-order chi connectivity index (χ1) is 7.24. The third-order valence-corrected chi connectivity index (χ3v) is 4.14. The molecule has 0 aliphatic rings. The van der Waals surface area contributed by atoms with Crippen LogP contribution in [0.2, 0.25) is 0 Å². The Hall–Kier alpha value is -1.31. The van der Waals surface area contributed by atoms with Crippen molar-refractivity contribution >= 4 is 39.0 Å². The molecule has 0 fully saturated rings. The molecule has 0 saturated carbocycles. The number of Topliss-reactive ketones (excluding diaryl/α,β-unsaturated/α-hetero) is 1. The van der Waals surface area contributed by atoms with Gasteiger partial charge in [-0.3, -0.25) is 4.79 Å². The number of thiophene rings is 1. The van der Waals surface area contributed by atoms with Crippen LogP contribution in [0, 0.1) is 10.7 Å². The van der Waals surface area contributed by atoms with Crippen molar-refractivity contribution in [1.82, 2.24) is 0 Å². The van der Waals surface area contributed by atoms with Crippen molar-refractivity contribution in [3.8, 4) is 5.40 Å². The number of benzene rings is 1. The normalized spacial score (nSPS) is 10.1. The Bertz CT molecular complexity index is 565. The topological polar surface area (TPSA) is 40.9 Å². The maximum absolute atomic E-state index is 11.4. The number of nitriles is 1. The summed E-state index contributed by atoms with van der Waals surface area (Å²) in [5.41, 5.74) is 0. The summed E-state index contributed by atoms with van der Waals surface area (Å²) in [7, 11) is 0. The van der Waals surface area contributed by atoms with Crippen molar-refractivity contribution in [3.05, 3.63) is 29.1 Å². The number of carbonyl (C=O) groups is 1. The van der Waals surface area contributed by atoms with E-state index >= 15 is 0 Å². The van der Waals surface area contributed by atoms with Gasteiger partial charge >= 0.3 is 0 Å². The molecule has 4 heteroatoms. The van der Waals surface area contributed by atoms with Crippen LogP contribution in [0.15, 0.2) is 29.2 Å². The summed E-state index contributed by atoms with van der Waals surface area (Å²) in [6, 6.07) is 7.76. The Morgan fingerprint density at radius 3 is 2.87 bits per heavy atom. The molecule has 0 spiro atoms. The van der Waals surface area contributed by atoms with Gasteiger partial charge in [0.15, 0.2) is 5.78 Å². The highest BCUT2D eigenvalue weighted by Crippen LogP contribution is 2.37. The number of rotatable bonds is 2. The SMILES string of the molecule is CC(=O)c1sc2ccccc2c1SC#N. The summed E-state index contributed by atoms with van der Waals surface area (Å²) in [6.45, 7) is 1.53. The molecule has 1 aromatic carbocycles. The summed E-state index contributed by atoms with van der Waals surface area (Å²) in [5.74, 6) is 0.0222. The molecule has 0 radical (unpaired) electrons. The lowest BCUT2D eigenvalue weighted by atomic mass is 10.2. The number of thioether (sulfide) groups is 1. The molecular weight excluding hydrogens is 226 g/mol. The zero-order valence-electron chi connectivity index (χ0n) is 7.98. The third-order valence-electron chi connectivity index (χ3n) is 2.02. The number of carbonyl (C=O) groups excluding carboxylic acids is 1. The minimum atomic E-state index is 0.0222. The molecule has 0 saturated heterocycles. The van der Waals surface area contributed by atoms with Gasteiger partial charge in [-0.05, 0) is 24.8 Å². The Balaban J connectivity index is 2.75. The molecule has 0 N–H and O–H groups in total. The van der Waals surface area contributed by atoms with Gasteiger partial charge in [0.1, 0.15) is 5.40 Å². The summed E-state index contributed by atoms with van der Waals surface area (Å²) < 4.78 is 1.06. The molecule has 0 atom stereocenters. The van der Waals surface area contributed by atoms with Crippen molar-refractivity contribution in [2.75, 3.05) is 0 Å². The van der Waals surface area contributed by atoms with Crippen molar-refractivity contribution in [2.24, 2.45) is 0 Å². The molecular formula is C11H7NOS2. The van der Waals surface area contributed by atoms with Crippen molar-refractivity contribution in [2.45, 2.75) is 11.8 Å². The molecule has 2 rings (SSSR count). The second-order valence-corrected chi connectivity index (χ2v) is 4.85. The largest absolute Gasteiger partial charge is 0.294 e. The monoisotopic (exact) mass is 233 g/mol. The highest BCUT2D eigenvalue weighted by molar-refractivity contribution is 8.04. The highest BCUT2D eigenvalue weighted by atomic mass is 32.2. The third kappa shape index (κ3) is 1.76. The van der Waals surface area contributed by atoms with Gasteiger partial charge in [0.05, 0.1) is 9.77 Å². The zero-order valence-corrected chi connectivity index (χ0v) is 9.61. The molecule has 15 heavy (non-hydrogen) atoms. The summed E-state index contributed by atoms with van der Waals surface area (Å²) >= 11 is 2.51. The van der Waals surface area contributed by atoms with Crippen LogP contribution in [0.4, 0.5) is 0 Å². The maximum atomic E-state index is 11.4. The van der Waals surface area contributed by atoms with Crippen LogP contribution in [0.25, 0.3) is 10.1 Å². The summed E-state index contributed by atoms with van der Waals surface area (Å²) in [4.78, 5) is 12.9. The van der Waals surface area contributed by atoms with Crippen LogP contribution in [-0.4, -0.2) is 5.78 Å². The van der Waals surface area contributed by atoms with Gasteiger partial charge in [0.2, 0.25) is 0 Å². The molecule has 1 aromatic heterocycles. The van der Waals surface area contributed by atoms with E-state index in [1.807, 2.05) is 29.7 Å². The average molecular weight is 233 g/mol. The van der Waals surface area contributed by atoms with Crippen LogP contribution < -0.4 is 0 Å². The van der Waals surface area contributed by atoms with Gasteiger partial charge in [-0.25, -0.2) is 0 Å². The predicted molar refractivity (Wildman–Crippen MR) is 63.3 cm³/mol. The quantitative estimate of drug-likeness (QED) is 0.451. The minimum absolute atomic E-state index is 0.0222. The number of nitrogens with zero attached hydrogens (tertiary/aromatic N) is 1. The average Bonchev–Trinajstić information content (AvgIpc) is 2.58. The van der Waals surface area contributed by atoms with Crippen LogP contribution in [0.5, 0.6) is 0 Å². The molecule has 2 nitrogen and oxygen atoms in total. The zero-order chi connectivity index (χ0) is 10.8. The smallest absolute Gasteiger partial charge is 0.170 e. The van der Waals surface area contributed by atoms with E-state index < -0.39 is 0 Å². The van der Waals surface area contributed by atoms with Crippen LogP contribution in [-0.2, 0) is 0 Å². The number of hydrogen-bond acceptors (Lipinski definition) is 4. The van der Waals surface area contributed by atoms with Gasteiger partial charge in [-0.2, -0.15) is 5.26 Å². The van der Waals surface area contributed by atoms with Crippen molar-refractivity contribution in [1.29, 1.82) is 5.26 Å². The highest BCUT2D eigenvalue weighted by Gasteiger charge is 2.15. The van der Waals surface area contributed by atoms with E-state index in [2.05, 4.69) is 0 Å². The lowest BCUT2D eigenvalue weighted by Crippen LogP contribution is -1.87. The molecule has 74 valence electrons. The van der Waals surface area contributed by atoms with Crippen LogP contribution >= 0.6 is 23.1 Å². The number of hydrogen-bond donors (Lipinski definition) is 0. The molecule has 2 aromatic rings. The van der Waals surface area contributed by atoms with Gasteiger partial charge < -0.3 is 0 Å². The molecule has 0 aliphatic carbocycles. The predicted octanol–water partition coefficient (Wildman–Crippen LogP) is 3.68. The Morgan fingerprint density at radius 2 is 2.20 bits per heavy atom. The first-order valence-electron chi connectivity index (χ1n) is 4.32. The fourth-order valence-electron chi connectivity index (χ4n) is 1.40. The van der Waals surface area contributed by atoms with Gasteiger partial charge in [0, 0.05) is 10.1 Å². The second-order valence-electron chi connectivity index (χ2n) is 3.01. The van der Waals surface area contributed by atoms with Crippen LogP contribution in [0.3, 0.4) is 0 Å². The van der Waals surface area contributed by atoms with E-state index in [0.717, 1.165) is 26.7 Å². The van der Waals surface area contributed by atoms with E-state index in [-0.39, 0.29) is 5.78 Å². The minimum Gasteiger partial charge on any atom is -0.294 e. The first-order valence-corrected chi connectivity index (χ1v) is 5.95. The second kappa shape index (κ2) is 4.05. The lowest BCUT2D eigenvalue weighted by molar-refractivity contribution is 0.101. The number of fused-ring (bicyclic) bond motifs is 1. The van der Waals surface area contributed by atoms with Gasteiger partial charge in [-0.15, -0.1) is 11.3 Å². The molecule has 0 unspecified atom stereocenters. The van der Waals surface area contributed by atoms with Gasteiger partial charge in [0.25, 0.3) is 0 Å². The molecule has 0 aliphatic heterocycles. The Kier molecular flexibility index (Phi) is 2.76. The van der Waals surface area contributed by atoms with E-state index in [1.54, 1.807) is 0 Å². The summed E-state index contributed by atoms with van der Waals surface area (Å²) in [6.07, 6.45) is 0. The number of thiocyanates is 1. The van der Waals surface area contributed by atoms with E-state index in [9.17, 15) is 4.79 Å². The molecule has 0 bridgehead atoms. The van der Waals surface area contributed by atoms with Gasteiger partial charge in [-0.1, -0.05) is 18.2 Å². The maximum Gasteiger partial charge on any atom is 0.170 e. The molecule has 1 heterocycles. The number of ketones is 1. The Labute approximate surface area is 95.5 Å². The fraction of sp³-hybridized carbons (Fsp3) is 0.0909. The molecule has 0 amide bonds.